The summed E-state index contributed by atoms with van der Waals surface area (Å²) < 4.78 is 6.32. The molecule has 0 amide bonds. The third-order valence-electron chi connectivity index (χ3n) is 3.28. The van der Waals surface area contributed by atoms with Gasteiger partial charge >= 0.3 is 0 Å². The lowest BCUT2D eigenvalue weighted by Gasteiger charge is -2.34. The van der Waals surface area contributed by atoms with Crippen LogP contribution in [0.25, 0.3) is 11.5 Å². The average Bonchev–Trinajstić information content (AvgIpc) is 2.79. The van der Waals surface area contributed by atoms with Crippen LogP contribution in [0.5, 0.6) is 0 Å². The predicted molar refractivity (Wildman–Crippen MR) is 84.4 cm³/mol. The topological polar surface area (TPSA) is 64.9 Å². The second-order valence-electron chi connectivity index (χ2n) is 4.56. The lowest BCUT2D eigenvalue weighted by molar-refractivity contribution is 0.229. The van der Waals surface area contributed by atoms with Gasteiger partial charge in [0.25, 0.3) is 5.89 Å². The zero-order valence-corrected chi connectivity index (χ0v) is 13.6. The molecule has 7 heteroatoms. The third kappa shape index (κ3) is 2.74. The van der Waals surface area contributed by atoms with Crippen molar-refractivity contribution in [3.63, 3.8) is 0 Å². The Morgan fingerprint density at radius 1 is 1.37 bits per heavy atom. The Bertz CT molecular complexity index is 598. The lowest BCUT2D eigenvalue weighted by Crippen LogP contribution is -2.44. The first-order chi connectivity index (χ1) is 8.58. The Balaban J connectivity index is 0.00000133. The highest BCUT2D eigenvalue weighted by atomic mass is 127. The summed E-state index contributed by atoms with van der Waals surface area (Å²) in [5, 5.41) is 4.65. The Kier molecular flexibility index (Phi) is 4.39. The van der Waals surface area contributed by atoms with E-state index < -0.39 is 5.54 Å². The fourth-order valence-corrected chi connectivity index (χ4v) is 2.72. The summed E-state index contributed by atoms with van der Waals surface area (Å²) in [5.74, 6) is 1.08. The molecule has 19 heavy (non-hydrogen) atoms. The van der Waals surface area contributed by atoms with Crippen LogP contribution in [0.3, 0.4) is 0 Å². The number of nitrogens with zero attached hydrogens (tertiary/aromatic N) is 2. The lowest BCUT2D eigenvalue weighted by atomic mass is 9.77. The molecule has 0 unspecified atom stereocenters. The van der Waals surface area contributed by atoms with E-state index in [0.29, 0.717) is 16.7 Å². The average molecular weight is 412 g/mol. The van der Waals surface area contributed by atoms with E-state index in [1.807, 2.05) is 18.2 Å². The molecule has 0 radical (unpaired) electrons. The Labute approximate surface area is 135 Å². The normalized spacial score (nSPS) is 16.6. The third-order valence-corrected chi connectivity index (χ3v) is 4.45. The first-order valence-electron chi connectivity index (χ1n) is 5.67. The number of halogens is 3. The molecule has 4 nitrogen and oxygen atoms in total. The Hall–Kier alpha value is -0.370. The van der Waals surface area contributed by atoms with Crippen molar-refractivity contribution in [2.75, 3.05) is 0 Å². The maximum Gasteiger partial charge on any atom is 0.259 e. The quantitative estimate of drug-likeness (QED) is 0.764. The zero-order valence-electron chi connectivity index (χ0n) is 9.90. The van der Waals surface area contributed by atoms with Gasteiger partial charge in [0.2, 0.25) is 0 Å². The largest absolute Gasteiger partial charge is 0.334 e. The molecule has 1 aromatic carbocycles. The molecule has 2 aromatic rings. The van der Waals surface area contributed by atoms with Crippen molar-refractivity contribution in [1.29, 1.82) is 0 Å². The summed E-state index contributed by atoms with van der Waals surface area (Å²) in [6.45, 7) is 0. The van der Waals surface area contributed by atoms with E-state index in [2.05, 4.69) is 32.7 Å². The van der Waals surface area contributed by atoms with Crippen LogP contribution in [-0.4, -0.2) is 10.1 Å². The van der Waals surface area contributed by atoms with E-state index in [4.69, 9.17) is 21.9 Å². The molecule has 0 saturated heterocycles. The maximum absolute atomic E-state index is 6.17. The number of aromatic nitrogens is 2. The monoisotopic (exact) mass is 411 g/mol. The Morgan fingerprint density at radius 2 is 2.11 bits per heavy atom. The highest BCUT2D eigenvalue weighted by molar-refractivity contribution is 14.1. The van der Waals surface area contributed by atoms with Crippen molar-refractivity contribution in [1.82, 2.24) is 10.1 Å². The van der Waals surface area contributed by atoms with Gasteiger partial charge in [-0.15, -0.1) is 12.4 Å². The van der Waals surface area contributed by atoms with Crippen LogP contribution in [0.1, 0.15) is 25.1 Å². The number of rotatable bonds is 2. The van der Waals surface area contributed by atoms with Crippen molar-refractivity contribution in [2.24, 2.45) is 5.73 Å². The SMILES string of the molecule is Cl.NC1(c2noc(-c3cc(Cl)ccc3I)n2)CCC1. The molecule has 1 aliphatic carbocycles. The second kappa shape index (κ2) is 5.55. The van der Waals surface area contributed by atoms with Gasteiger partial charge in [-0.25, -0.2) is 0 Å². The summed E-state index contributed by atoms with van der Waals surface area (Å²) >= 11 is 8.20. The van der Waals surface area contributed by atoms with Gasteiger partial charge in [0.1, 0.15) is 0 Å². The van der Waals surface area contributed by atoms with Gasteiger partial charge in [-0.1, -0.05) is 16.8 Å². The smallest absolute Gasteiger partial charge is 0.259 e. The summed E-state index contributed by atoms with van der Waals surface area (Å²) in [6, 6.07) is 5.58. The summed E-state index contributed by atoms with van der Waals surface area (Å²) in [5.41, 5.74) is 6.63. The van der Waals surface area contributed by atoms with E-state index >= 15 is 0 Å². The summed E-state index contributed by atoms with van der Waals surface area (Å²) in [4.78, 5) is 4.41. The maximum atomic E-state index is 6.17. The minimum Gasteiger partial charge on any atom is -0.334 e. The molecule has 1 aliphatic rings. The molecule has 0 spiro atoms. The van der Waals surface area contributed by atoms with Crippen LogP contribution in [0, 0.1) is 3.57 Å². The fraction of sp³-hybridized carbons (Fsp3) is 0.333. The number of benzene rings is 1. The van der Waals surface area contributed by atoms with E-state index in [9.17, 15) is 0 Å². The minimum atomic E-state index is -0.397. The molecular formula is C12H12Cl2IN3O. The number of hydrogen-bond acceptors (Lipinski definition) is 4. The van der Waals surface area contributed by atoms with E-state index in [1.54, 1.807) is 0 Å². The van der Waals surface area contributed by atoms with Crippen molar-refractivity contribution in [3.05, 3.63) is 32.6 Å². The van der Waals surface area contributed by atoms with Gasteiger partial charge in [0, 0.05) is 8.59 Å². The predicted octanol–water partition coefficient (Wildman–Crippen LogP) is 3.75. The van der Waals surface area contributed by atoms with Crippen LogP contribution in [-0.2, 0) is 5.54 Å². The van der Waals surface area contributed by atoms with Gasteiger partial charge in [-0.2, -0.15) is 4.98 Å². The van der Waals surface area contributed by atoms with E-state index in [0.717, 1.165) is 28.4 Å². The van der Waals surface area contributed by atoms with Crippen LogP contribution in [0.2, 0.25) is 5.02 Å². The van der Waals surface area contributed by atoms with E-state index in [1.165, 1.54) is 0 Å². The summed E-state index contributed by atoms with van der Waals surface area (Å²) in [6.07, 6.45) is 2.95. The minimum absolute atomic E-state index is 0. The van der Waals surface area contributed by atoms with Crippen LogP contribution < -0.4 is 5.73 Å². The van der Waals surface area contributed by atoms with Crippen LogP contribution in [0.15, 0.2) is 22.7 Å². The highest BCUT2D eigenvalue weighted by Gasteiger charge is 2.39. The molecule has 2 N–H and O–H groups in total. The molecule has 1 saturated carbocycles. The zero-order chi connectivity index (χ0) is 12.8. The van der Waals surface area contributed by atoms with Crippen LogP contribution in [0.4, 0.5) is 0 Å². The highest BCUT2D eigenvalue weighted by Crippen LogP contribution is 2.38. The molecule has 1 fully saturated rings. The van der Waals surface area contributed by atoms with Crippen molar-refractivity contribution >= 4 is 46.6 Å². The van der Waals surface area contributed by atoms with Crippen molar-refractivity contribution < 1.29 is 4.52 Å². The van der Waals surface area contributed by atoms with Gasteiger partial charge in [-0.05, 0) is 60.1 Å². The molecule has 102 valence electrons. The first kappa shape index (κ1) is 15.0. The first-order valence-corrected chi connectivity index (χ1v) is 7.13. The van der Waals surface area contributed by atoms with E-state index in [-0.39, 0.29) is 12.4 Å². The molecule has 1 heterocycles. The number of hydrogen-bond donors (Lipinski definition) is 1. The molecule has 1 aromatic heterocycles. The van der Waals surface area contributed by atoms with Gasteiger partial charge in [-0.3, -0.25) is 0 Å². The molecular weight excluding hydrogens is 400 g/mol. The molecule has 0 atom stereocenters. The van der Waals surface area contributed by atoms with Gasteiger partial charge in [0.05, 0.1) is 11.1 Å². The standard InChI is InChI=1S/C12H11ClIN3O.ClH/c13-7-2-3-9(14)8(6-7)10-16-11(17-18-10)12(15)4-1-5-12;/h2-3,6H,1,4-5,15H2;1H. The molecule has 0 aliphatic heterocycles. The Morgan fingerprint density at radius 3 is 2.74 bits per heavy atom. The molecule has 0 bridgehead atoms. The second-order valence-corrected chi connectivity index (χ2v) is 6.16. The summed E-state index contributed by atoms with van der Waals surface area (Å²) in [7, 11) is 0. The molecule has 3 rings (SSSR count). The van der Waals surface area contributed by atoms with Crippen molar-refractivity contribution in [3.8, 4) is 11.5 Å². The van der Waals surface area contributed by atoms with Crippen LogP contribution >= 0.6 is 46.6 Å². The van der Waals surface area contributed by atoms with Gasteiger partial charge in [0.15, 0.2) is 5.82 Å². The number of nitrogens with two attached hydrogens (primary N) is 1. The van der Waals surface area contributed by atoms with Crippen molar-refractivity contribution in [2.45, 2.75) is 24.8 Å². The van der Waals surface area contributed by atoms with Gasteiger partial charge < -0.3 is 10.3 Å². The fourth-order valence-electron chi connectivity index (χ4n) is 1.98.